The van der Waals surface area contributed by atoms with Gasteiger partial charge < -0.3 is 0 Å². The summed E-state index contributed by atoms with van der Waals surface area (Å²) in [6.45, 7) is 2.06. The largest absolute Gasteiger partial charge is 0.223 e. The summed E-state index contributed by atoms with van der Waals surface area (Å²) >= 11 is 0. The van der Waals surface area contributed by atoms with Crippen molar-refractivity contribution < 1.29 is 8.42 Å². The van der Waals surface area contributed by atoms with Crippen LogP contribution in [0.5, 0.6) is 0 Å². The standard InChI is InChI=1S/C14H17NO2S/c1-11-7-8-12(10-15)14(9-11)18(16,17)13-5-3-2-4-6-13/h2-6,11-12,14H,7-9H2,1H3. The molecule has 1 aliphatic carbocycles. The Balaban J connectivity index is 2.37. The van der Waals surface area contributed by atoms with Crippen LogP contribution in [0.3, 0.4) is 0 Å². The first-order valence-electron chi connectivity index (χ1n) is 6.24. The van der Waals surface area contributed by atoms with Gasteiger partial charge >= 0.3 is 0 Å². The van der Waals surface area contributed by atoms with Crippen molar-refractivity contribution in [3.05, 3.63) is 30.3 Å². The molecule has 18 heavy (non-hydrogen) atoms. The summed E-state index contributed by atoms with van der Waals surface area (Å²) in [4.78, 5) is 0.337. The Morgan fingerprint density at radius 1 is 1.22 bits per heavy atom. The molecule has 0 saturated heterocycles. The maximum absolute atomic E-state index is 12.6. The van der Waals surface area contributed by atoms with Crippen LogP contribution in [0.25, 0.3) is 0 Å². The lowest BCUT2D eigenvalue weighted by Crippen LogP contribution is -2.34. The minimum Gasteiger partial charge on any atom is -0.223 e. The molecule has 3 atom stereocenters. The molecule has 0 bridgehead atoms. The van der Waals surface area contributed by atoms with Crippen LogP contribution in [0.15, 0.2) is 35.2 Å². The second kappa shape index (κ2) is 5.11. The zero-order valence-electron chi connectivity index (χ0n) is 10.4. The van der Waals surface area contributed by atoms with E-state index in [-0.39, 0.29) is 5.92 Å². The Hall–Kier alpha value is -1.34. The maximum atomic E-state index is 12.6. The predicted molar refractivity (Wildman–Crippen MR) is 69.5 cm³/mol. The van der Waals surface area contributed by atoms with Crippen LogP contribution in [0.1, 0.15) is 26.2 Å². The zero-order valence-corrected chi connectivity index (χ0v) is 11.2. The fourth-order valence-electron chi connectivity index (χ4n) is 2.60. The monoisotopic (exact) mass is 263 g/mol. The molecule has 0 N–H and O–H groups in total. The van der Waals surface area contributed by atoms with E-state index in [9.17, 15) is 8.42 Å². The van der Waals surface area contributed by atoms with Gasteiger partial charge in [-0.3, -0.25) is 0 Å². The van der Waals surface area contributed by atoms with Crippen LogP contribution in [0.4, 0.5) is 0 Å². The van der Waals surface area contributed by atoms with E-state index in [0.29, 0.717) is 23.7 Å². The van der Waals surface area contributed by atoms with E-state index in [1.54, 1.807) is 30.3 Å². The SMILES string of the molecule is CC1CCC(C#N)C(S(=O)(=O)c2ccccc2)C1. The lowest BCUT2D eigenvalue weighted by molar-refractivity contribution is 0.335. The van der Waals surface area contributed by atoms with Gasteiger partial charge in [-0.2, -0.15) is 5.26 Å². The van der Waals surface area contributed by atoms with Crippen LogP contribution in [0, 0.1) is 23.2 Å². The quantitative estimate of drug-likeness (QED) is 0.824. The molecule has 1 fully saturated rings. The van der Waals surface area contributed by atoms with Crippen molar-refractivity contribution in [2.24, 2.45) is 11.8 Å². The van der Waals surface area contributed by atoms with Crippen LogP contribution in [-0.2, 0) is 9.84 Å². The van der Waals surface area contributed by atoms with Crippen LogP contribution < -0.4 is 0 Å². The van der Waals surface area contributed by atoms with E-state index in [2.05, 4.69) is 13.0 Å². The molecule has 1 aromatic carbocycles. The molecule has 96 valence electrons. The molecule has 0 amide bonds. The first-order chi connectivity index (χ1) is 8.55. The van der Waals surface area contributed by atoms with Crippen molar-refractivity contribution in [3.8, 4) is 6.07 Å². The molecular weight excluding hydrogens is 246 g/mol. The fourth-order valence-corrected chi connectivity index (χ4v) is 4.70. The van der Waals surface area contributed by atoms with Gasteiger partial charge in [-0.25, -0.2) is 8.42 Å². The Kier molecular flexibility index (Phi) is 3.72. The van der Waals surface area contributed by atoms with Gasteiger partial charge in [0.1, 0.15) is 0 Å². The Bertz CT molecular complexity index is 545. The van der Waals surface area contributed by atoms with Gasteiger partial charge in [0, 0.05) is 0 Å². The Morgan fingerprint density at radius 3 is 2.50 bits per heavy atom. The summed E-state index contributed by atoms with van der Waals surface area (Å²) in [5, 5.41) is 8.60. The van der Waals surface area contributed by atoms with E-state index in [0.717, 1.165) is 6.42 Å². The highest BCUT2D eigenvalue weighted by atomic mass is 32.2. The first-order valence-corrected chi connectivity index (χ1v) is 7.79. The van der Waals surface area contributed by atoms with Crippen LogP contribution >= 0.6 is 0 Å². The lowest BCUT2D eigenvalue weighted by atomic mass is 9.83. The number of rotatable bonds is 2. The van der Waals surface area contributed by atoms with E-state index >= 15 is 0 Å². The topological polar surface area (TPSA) is 57.9 Å². The second-order valence-corrected chi connectivity index (χ2v) is 7.22. The highest BCUT2D eigenvalue weighted by Gasteiger charge is 2.38. The molecule has 1 saturated carbocycles. The summed E-state index contributed by atoms with van der Waals surface area (Å²) < 4.78 is 25.1. The first kappa shape index (κ1) is 13.1. The second-order valence-electron chi connectivity index (χ2n) is 5.05. The summed E-state index contributed by atoms with van der Waals surface area (Å²) in [5.74, 6) is 0.00416. The zero-order chi connectivity index (χ0) is 13.2. The number of nitriles is 1. The molecule has 3 nitrogen and oxygen atoms in total. The number of hydrogen-bond acceptors (Lipinski definition) is 3. The van der Waals surface area contributed by atoms with Crippen molar-refractivity contribution >= 4 is 9.84 Å². The Labute approximate surface area is 108 Å². The molecule has 0 spiro atoms. The normalized spacial score (nSPS) is 28.6. The van der Waals surface area contributed by atoms with Crippen molar-refractivity contribution in [2.45, 2.75) is 36.3 Å². The van der Waals surface area contributed by atoms with Crippen LogP contribution in [0.2, 0.25) is 0 Å². The smallest absolute Gasteiger partial charge is 0.182 e. The molecule has 0 radical (unpaired) electrons. The minimum atomic E-state index is -3.38. The molecule has 0 aliphatic heterocycles. The third-order valence-corrected chi connectivity index (χ3v) is 5.94. The maximum Gasteiger partial charge on any atom is 0.182 e. The summed E-state index contributed by atoms with van der Waals surface area (Å²) in [6.07, 6.45) is 2.23. The van der Waals surface area contributed by atoms with E-state index in [1.165, 1.54) is 0 Å². The van der Waals surface area contributed by atoms with Crippen molar-refractivity contribution in [2.75, 3.05) is 0 Å². The van der Waals surface area contributed by atoms with E-state index < -0.39 is 15.1 Å². The lowest BCUT2D eigenvalue weighted by Gasteiger charge is -2.30. The number of nitrogens with zero attached hydrogens (tertiary/aromatic N) is 1. The molecule has 0 aromatic heterocycles. The van der Waals surface area contributed by atoms with Gasteiger partial charge in [-0.05, 0) is 37.3 Å². The summed E-state index contributed by atoms with van der Waals surface area (Å²) in [7, 11) is -3.38. The van der Waals surface area contributed by atoms with Gasteiger partial charge in [0.15, 0.2) is 9.84 Å². The number of benzene rings is 1. The molecule has 1 aromatic rings. The number of sulfone groups is 1. The molecular formula is C14H17NO2S. The molecule has 3 unspecified atom stereocenters. The molecule has 4 heteroatoms. The number of hydrogen-bond donors (Lipinski definition) is 0. The highest BCUT2D eigenvalue weighted by molar-refractivity contribution is 7.92. The molecule has 0 heterocycles. The van der Waals surface area contributed by atoms with Gasteiger partial charge in [-0.1, -0.05) is 25.1 Å². The van der Waals surface area contributed by atoms with Gasteiger partial charge in [-0.15, -0.1) is 0 Å². The van der Waals surface area contributed by atoms with Gasteiger partial charge in [0.25, 0.3) is 0 Å². The summed E-state index contributed by atoms with van der Waals surface area (Å²) in [6, 6.07) is 10.6. The minimum absolute atomic E-state index is 0.337. The predicted octanol–water partition coefficient (Wildman–Crippen LogP) is 2.79. The fraction of sp³-hybridized carbons (Fsp3) is 0.500. The summed E-state index contributed by atoms with van der Waals surface area (Å²) in [5.41, 5.74) is 0. The van der Waals surface area contributed by atoms with E-state index in [1.807, 2.05) is 0 Å². The van der Waals surface area contributed by atoms with Crippen LogP contribution in [-0.4, -0.2) is 13.7 Å². The van der Waals surface area contributed by atoms with E-state index in [4.69, 9.17) is 5.26 Å². The van der Waals surface area contributed by atoms with Crippen molar-refractivity contribution in [1.29, 1.82) is 5.26 Å². The highest BCUT2D eigenvalue weighted by Crippen LogP contribution is 2.35. The van der Waals surface area contributed by atoms with Crippen molar-refractivity contribution in [3.63, 3.8) is 0 Å². The van der Waals surface area contributed by atoms with Crippen molar-refractivity contribution in [1.82, 2.24) is 0 Å². The molecule has 2 rings (SSSR count). The third-order valence-electron chi connectivity index (χ3n) is 3.69. The Morgan fingerprint density at radius 2 is 1.89 bits per heavy atom. The van der Waals surface area contributed by atoms with Gasteiger partial charge in [0.05, 0.1) is 22.1 Å². The van der Waals surface area contributed by atoms with Gasteiger partial charge in [0.2, 0.25) is 0 Å². The molecule has 1 aliphatic rings. The average Bonchev–Trinajstić information content (AvgIpc) is 2.39. The average molecular weight is 263 g/mol. The third kappa shape index (κ3) is 2.41.